The summed E-state index contributed by atoms with van der Waals surface area (Å²) in [5.74, 6) is 0. The summed E-state index contributed by atoms with van der Waals surface area (Å²) in [4.78, 5) is 2.27. The monoisotopic (exact) mass is 312 g/mol. The van der Waals surface area contributed by atoms with Gasteiger partial charge in [0.05, 0.1) is 11.8 Å². The Morgan fingerprint density at radius 2 is 2.33 bits per heavy atom. The lowest BCUT2D eigenvalue weighted by atomic mass is 10.2. The summed E-state index contributed by atoms with van der Waals surface area (Å²) in [6.07, 6.45) is 2.76. The van der Waals surface area contributed by atoms with Gasteiger partial charge in [0.1, 0.15) is 0 Å². The molecule has 0 spiro atoms. The maximum absolute atomic E-state index is 5.68. The van der Waals surface area contributed by atoms with E-state index in [1.165, 1.54) is 24.1 Å². The predicted molar refractivity (Wildman–Crippen MR) is 79.1 cm³/mol. The van der Waals surface area contributed by atoms with Crippen molar-refractivity contribution < 1.29 is 4.74 Å². The molecule has 1 aliphatic heterocycles. The van der Waals surface area contributed by atoms with Gasteiger partial charge in [-0.25, -0.2) is 0 Å². The fourth-order valence-corrected chi connectivity index (χ4v) is 3.10. The van der Waals surface area contributed by atoms with Crippen molar-refractivity contribution in [2.24, 2.45) is 0 Å². The van der Waals surface area contributed by atoms with Gasteiger partial charge in [0, 0.05) is 31.2 Å². The van der Waals surface area contributed by atoms with Crippen LogP contribution in [-0.2, 0) is 11.3 Å². The maximum atomic E-state index is 5.68. The highest BCUT2D eigenvalue weighted by Gasteiger charge is 2.18. The largest absolute Gasteiger partial charge is 0.376 e. The molecule has 100 valence electrons. The van der Waals surface area contributed by atoms with E-state index < -0.39 is 0 Å². The van der Waals surface area contributed by atoms with Crippen molar-refractivity contribution in [2.75, 3.05) is 32.1 Å². The number of nitrogens with one attached hydrogen (secondary N) is 1. The van der Waals surface area contributed by atoms with Crippen LogP contribution in [-0.4, -0.2) is 33.4 Å². The molecular formula is C14H21BrN2O. The molecule has 0 amide bonds. The summed E-state index contributed by atoms with van der Waals surface area (Å²) < 4.78 is 6.83. The predicted octanol–water partition coefficient (Wildman–Crippen LogP) is 2.78. The average molecular weight is 313 g/mol. The van der Waals surface area contributed by atoms with Gasteiger partial charge in [-0.15, -0.1) is 0 Å². The van der Waals surface area contributed by atoms with Crippen LogP contribution in [0, 0.1) is 0 Å². The van der Waals surface area contributed by atoms with Crippen molar-refractivity contribution in [3.8, 4) is 0 Å². The fraction of sp³-hybridized carbons (Fsp3) is 0.571. The number of halogens is 1. The zero-order valence-corrected chi connectivity index (χ0v) is 12.7. The van der Waals surface area contributed by atoms with Crippen molar-refractivity contribution in [2.45, 2.75) is 25.5 Å². The zero-order chi connectivity index (χ0) is 13.0. The van der Waals surface area contributed by atoms with Crippen LogP contribution in [0.5, 0.6) is 0 Å². The van der Waals surface area contributed by atoms with E-state index in [0.29, 0.717) is 6.10 Å². The van der Waals surface area contributed by atoms with Gasteiger partial charge in [0.25, 0.3) is 0 Å². The molecule has 0 radical (unpaired) electrons. The van der Waals surface area contributed by atoms with Crippen LogP contribution >= 0.6 is 15.9 Å². The lowest BCUT2D eigenvalue weighted by molar-refractivity contribution is 0.116. The van der Waals surface area contributed by atoms with Crippen LogP contribution in [0.3, 0.4) is 0 Å². The summed E-state index contributed by atoms with van der Waals surface area (Å²) in [6.45, 7) is 2.78. The minimum atomic E-state index is 0.388. The molecule has 1 atom stereocenters. The fourth-order valence-electron chi connectivity index (χ4n) is 2.37. The van der Waals surface area contributed by atoms with Gasteiger partial charge in [-0.2, -0.15) is 0 Å². The van der Waals surface area contributed by atoms with Crippen LogP contribution in [0.4, 0.5) is 5.69 Å². The van der Waals surface area contributed by atoms with E-state index in [1.807, 2.05) is 7.05 Å². The first kappa shape index (κ1) is 13.8. The molecule has 1 aromatic rings. The number of nitrogens with zero attached hydrogens (tertiary/aromatic N) is 1. The van der Waals surface area contributed by atoms with Crippen molar-refractivity contribution in [1.82, 2.24) is 5.32 Å². The first-order valence-corrected chi connectivity index (χ1v) is 7.26. The molecule has 1 unspecified atom stereocenters. The summed E-state index contributed by atoms with van der Waals surface area (Å²) >= 11 is 3.66. The molecule has 1 fully saturated rings. The third-order valence-electron chi connectivity index (χ3n) is 3.31. The van der Waals surface area contributed by atoms with Gasteiger partial charge < -0.3 is 15.0 Å². The number of ether oxygens (including phenoxy) is 1. The van der Waals surface area contributed by atoms with Gasteiger partial charge >= 0.3 is 0 Å². The Morgan fingerprint density at radius 3 is 2.94 bits per heavy atom. The van der Waals surface area contributed by atoms with Crippen LogP contribution in [0.25, 0.3) is 0 Å². The van der Waals surface area contributed by atoms with Crippen molar-refractivity contribution >= 4 is 21.6 Å². The third-order valence-corrected chi connectivity index (χ3v) is 3.94. The third kappa shape index (κ3) is 3.46. The molecule has 0 bridgehead atoms. The van der Waals surface area contributed by atoms with E-state index in [4.69, 9.17) is 4.74 Å². The number of hydrogen-bond acceptors (Lipinski definition) is 3. The molecule has 0 aromatic heterocycles. The van der Waals surface area contributed by atoms with E-state index >= 15 is 0 Å². The van der Waals surface area contributed by atoms with Crippen LogP contribution < -0.4 is 10.2 Å². The number of anilines is 1. The molecule has 4 heteroatoms. The topological polar surface area (TPSA) is 24.5 Å². The molecule has 1 aliphatic rings. The second-order valence-electron chi connectivity index (χ2n) is 4.83. The second-order valence-corrected chi connectivity index (χ2v) is 5.69. The van der Waals surface area contributed by atoms with Crippen LogP contribution in [0.2, 0.25) is 0 Å². The SMILES string of the molecule is CNCc1ccc(N(C)CC2CCCO2)c(Br)c1. The van der Waals surface area contributed by atoms with Crippen molar-refractivity contribution in [3.05, 3.63) is 28.2 Å². The van der Waals surface area contributed by atoms with Gasteiger partial charge in [-0.3, -0.25) is 0 Å². The van der Waals surface area contributed by atoms with E-state index in [9.17, 15) is 0 Å². The number of hydrogen-bond donors (Lipinski definition) is 1. The van der Waals surface area contributed by atoms with E-state index in [0.717, 1.165) is 24.2 Å². The Kier molecular flexibility index (Phi) is 5.03. The summed E-state index contributed by atoms with van der Waals surface area (Å²) in [5, 5.41) is 3.16. The number of rotatable bonds is 5. The molecule has 0 saturated carbocycles. The lowest BCUT2D eigenvalue weighted by Crippen LogP contribution is -2.28. The summed E-state index contributed by atoms with van der Waals surface area (Å²) in [7, 11) is 4.09. The highest BCUT2D eigenvalue weighted by Crippen LogP contribution is 2.27. The highest BCUT2D eigenvalue weighted by molar-refractivity contribution is 9.10. The van der Waals surface area contributed by atoms with Gasteiger partial charge in [0.2, 0.25) is 0 Å². The maximum Gasteiger partial charge on any atom is 0.0750 e. The minimum Gasteiger partial charge on any atom is -0.376 e. The second kappa shape index (κ2) is 6.55. The van der Waals surface area contributed by atoms with E-state index in [-0.39, 0.29) is 0 Å². The Bertz CT molecular complexity index is 391. The number of benzene rings is 1. The number of likely N-dealkylation sites (N-methyl/N-ethyl adjacent to an activating group) is 1. The highest BCUT2D eigenvalue weighted by atomic mass is 79.9. The van der Waals surface area contributed by atoms with Crippen LogP contribution in [0.1, 0.15) is 18.4 Å². The quantitative estimate of drug-likeness (QED) is 0.905. The normalized spacial score (nSPS) is 19.2. The smallest absolute Gasteiger partial charge is 0.0750 e. The lowest BCUT2D eigenvalue weighted by Gasteiger charge is -2.24. The van der Waals surface area contributed by atoms with Gasteiger partial charge in [-0.05, 0) is 53.5 Å². The Labute approximate surface area is 118 Å². The standard InChI is InChI=1S/C14H21BrN2O/c1-16-9-11-5-6-14(13(15)8-11)17(2)10-12-4-3-7-18-12/h5-6,8,12,16H,3-4,7,9-10H2,1-2H3. The van der Waals surface area contributed by atoms with Gasteiger partial charge in [-0.1, -0.05) is 6.07 Å². The van der Waals surface area contributed by atoms with Crippen molar-refractivity contribution in [3.63, 3.8) is 0 Å². The average Bonchev–Trinajstić information content (AvgIpc) is 2.82. The molecule has 1 aromatic carbocycles. The molecule has 2 rings (SSSR count). The Morgan fingerprint density at radius 1 is 1.50 bits per heavy atom. The van der Waals surface area contributed by atoms with Crippen LogP contribution in [0.15, 0.2) is 22.7 Å². The molecule has 3 nitrogen and oxygen atoms in total. The summed E-state index contributed by atoms with van der Waals surface area (Å²) in [5.41, 5.74) is 2.52. The molecule has 1 saturated heterocycles. The molecular weight excluding hydrogens is 292 g/mol. The van der Waals surface area contributed by atoms with E-state index in [1.54, 1.807) is 0 Å². The molecule has 1 heterocycles. The van der Waals surface area contributed by atoms with Crippen molar-refractivity contribution in [1.29, 1.82) is 0 Å². The van der Waals surface area contributed by atoms with Gasteiger partial charge in [0.15, 0.2) is 0 Å². The summed E-state index contributed by atoms with van der Waals surface area (Å²) in [6, 6.07) is 6.52. The molecule has 0 aliphatic carbocycles. The zero-order valence-electron chi connectivity index (χ0n) is 11.1. The van der Waals surface area contributed by atoms with E-state index in [2.05, 4.69) is 51.4 Å². The Balaban J connectivity index is 2.02. The molecule has 18 heavy (non-hydrogen) atoms. The molecule has 1 N–H and O–H groups in total. The first-order valence-electron chi connectivity index (χ1n) is 6.46. The Hall–Kier alpha value is -0.580. The minimum absolute atomic E-state index is 0.388. The first-order chi connectivity index (χ1) is 8.70.